The van der Waals surface area contributed by atoms with Gasteiger partial charge in [-0.2, -0.15) is 5.10 Å². The normalized spacial score (nSPS) is 14.8. The molecule has 1 aromatic heterocycles. The molecule has 7 nitrogen and oxygen atoms in total. The Balaban J connectivity index is 1.69. The van der Waals surface area contributed by atoms with Gasteiger partial charge >= 0.3 is 6.09 Å². The molecule has 0 saturated heterocycles. The summed E-state index contributed by atoms with van der Waals surface area (Å²) in [5, 5.41) is 3.79. The number of carbonyl (C=O) groups is 1. The van der Waals surface area contributed by atoms with Gasteiger partial charge in [0.2, 0.25) is 0 Å². The van der Waals surface area contributed by atoms with Crippen molar-refractivity contribution in [3.63, 3.8) is 0 Å². The number of rotatable bonds is 3. The van der Waals surface area contributed by atoms with E-state index in [-0.39, 0.29) is 18.2 Å². The van der Waals surface area contributed by atoms with Crippen molar-refractivity contribution < 1.29 is 17.9 Å². The van der Waals surface area contributed by atoms with Crippen LogP contribution in [0.1, 0.15) is 17.7 Å². The van der Waals surface area contributed by atoms with Gasteiger partial charge in [0.25, 0.3) is 9.05 Å². The number of ether oxygens (including phenoxy) is 1. The largest absolute Gasteiger partial charge is 0.445 e. The second-order valence-electron chi connectivity index (χ2n) is 5.45. The van der Waals surface area contributed by atoms with E-state index >= 15 is 0 Å². The molecule has 1 aromatic carbocycles. The first-order chi connectivity index (χ1) is 11.4. The smallest absolute Gasteiger partial charge is 0.410 e. The quantitative estimate of drug-likeness (QED) is 0.776. The summed E-state index contributed by atoms with van der Waals surface area (Å²) < 4.78 is 29.7. The number of hydrogen-bond donors (Lipinski definition) is 0. The van der Waals surface area contributed by atoms with Gasteiger partial charge in [-0.1, -0.05) is 30.3 Å². The Bertz CT molecular complexity index is 836. The molecule has 128 valence electrons. The monoisotopic (exact) mass is 369 g/mol. The summed E-state index contributed by atoms with van der Waals surface area (Å²) in [5.74, 6) is 0. The minimum atomic E-state index is -3.89. The predicted molar refractivity (Wildman–Crippen MR) is 86.9 cm³/mol. The van der Waals surface area contributed by atoms with Crippen molar-refractivity contribution in [2.24, 2.45) is 0 Å². The fourth-order valence-corrected chi connectivity index (χ4v) is 3.22. The second kappa shape index (κ2) is 6.82. The highest BCUT2D eigenvalue weighted by molar-refractivity contribution is 8.13. The molecule has 2 heterocycles. The third-order valence-corrected chi connectivity index (χ3v) is 4.88. The predicted octanol–water partition coefficient (Wildman–Crippen LogP) is 2.35. The summed E-state index contributed by atoms with van der Waals surface area (Å²) in [6.07, 6.45) is 0.209. The zero-order valence-electron chi connectivity index (χ0n) is 12.8. The van der Waals surface area contributed by atoms with E-state index in [1.54, 1.807) is 4.68 Å². The lowest BCUT2D eigenvalue weighted by Crippen LogP contribution is -2.31. The number of nitrogens with zero attached hydrogens (tertiary/aromatic N) is 3. The molecule has 1 aliphatic rings. The maximum Gasteiger partial charge on any atom is 0.410 e. The molecule has 0 fully saturated rings. The topological polar surface area (TPSA) is 81.5 Å². The molecule has 24 heavy (non-hydrogen) atoms. The first-order valence-electron chi connectivity index (χ1n) is 7.40. The zero-order chi connectivity index (χ0) is 17.2. The number of carbonyl (C=O) groups excluding carboxylic acids is 1. The van der Waals surface area contributed by atoms with E-state index in [4.69, 9.17) is 15.4 Å². The first kappa shape index (κ1) is 16.8. The maximum absolute atomic E-state index is 12.3. The van der Waals surface area contributed by atoms with Crippen LogP contribution in [0, 0.1) is 0 Å². The molecule has 0 unspecified atom stereocenters. The molecule has 0 atom stereocenters. The molecule has 9 heteroatoms. The van der Waals surface area contributed by atoms with Gasteiger partial charge in [0.1, 0.15) is 6.61 Å². The molecule has 0 aliphatic carbocycles. The number of aromatic nitrogens is 2. The van der Waals surface area contributed by atoms with E-state index in [0.29, 0.717) is 25.2 Å². The van der Waals surface area contributed by atoms with Crippen molar-refractivity contribution in [2.75, 3.05) is 6.54 Å². The molecule has 0 spiro atoms. The van der Waals surface area contributed by atoms with Gasteiger partial charge in [0.05, 0.1) is 12.2 Å². The average molecular weight is 370 g/mol. The van der Waals surface area contributed by atoms with Crippen LogP contribution in [0.4, 0.5) is 4.79 Å². The summed E-state index contributed by atoms with van der Waals surface area (Å²) in [4.78, 5) is 13.8. The first-order valence-corrected chi connectivity index (χ1v) is 9.71. The maximum atomic E-state index is 12.3. The molecule has 0 bridgehead atoms. The van der Waals surface area contributed by atoms with Crippen molar-refractivity contribution in [1.29, 1.82) is 0 Å². The van der Waals surface area contributed by atoms with Crippen LogP contribution in [0.2, 0.25) is 0 Å². The summed E-state index contributed by atoms with van der Waals surface area (Å²) in [5.41, 5.74) is 1.52. The summed E-state index contributed by atoms with van der Waals surface area (Å²) in [7, 11) is 1.44. The minimum absolute atomic E-state index is 0.191. The number of amides is 1. The van der Waals surface area contributed by atoms with Gasteiger partial charge in [-0.3, -0.25) is 4.68 Å². The van der Waals surface area contributed by atoms with Crippen molar-refractivity contribution in [3.05, 3.63) is 47.7 Å². The van der Waals surface area contributed by atoms with Crippen LogP contribution in [0.5, 0.6) is 0 Å². The van der Waals surface area contributed by atoms with E-state index in [1.165, 1.54) is 11.0 Å². The molecule has 1 aliphatic heterocycles. The lowest BCUT2D eigenvalue weighted by Gasteiger charge is -2.19. The van der Waals surface area contributed by atoms with Crippen molar-refractivity contribution in [2.45, 2.75) is 31.1 Å². The summed E-state index contributed by atoms with van der Waals surface area (Å²) in [6, 6.07) is 10.8. The zero-order valence-corrected chi connectivity index (χ0v) is 14.3. The van der Waals surface area contributed by atoms with E-state index in [9.17, 15) is 13.2 Å². The van der Waals surface area contributed by atoms with Crippen LogP contribution in [0.15, 0.2) is 41.4 Å². The Morgan fingerprint density at radius 3 is 2.71 bits per heavy atom. The number of fused-ring (bicyclic) bond motifs is 1. The highest BCUT2D eigenvalue weighted by Gasteiger charge is 2.24. The molecule has 0 saturated carbocycles. The van der Waals surface area contributed by atoms with Crippen LogP contribution in [0.25, 0.3) is 0 Å². The molecule has 1 amide bonds. The Hall–Kier alpha value is -2.06. The van der Waals surface area contributed by atoms with Crippen LogP contribution >= 0.6 is 10.7 Å². The fourth-order valence-electron chi connectivity index (χ4n) is 2.52. The molecule has 0 N–H and O–H groups in total. The van der Waals surface area contributed by atoms with Crippen LogP contribution in [-0.2, 0) is 33.5 Å². The van der Waals surface area contributed by atoms with Crippen molar-refractivity contribution in [3.8, 4) is 0 Å². The van der Waals surface area contributed by atoms with Crippen LogP contribution < -0.4 is 0 Å². The summed E-state index contributed by atoms with van der Waals surface area (Å²) >= 11 is 0. The molecule has 2 aromatic rings. The second-order valence-corrected chi connectivity index (χ2v) is 7.96. The van der Waals surface area contributed by atoms with E-state index < -0.39 is 15.1 Å². The van der Waals surface area contributed by atoms with Gasteiger partial charge in [-0.25, -0.2) is 13.2 Å². The third kappa shape index (κ3) is 3.88. The highest BCUT2D eigenvalue weighted by Crippen LogP contribution is 2.19. The van der Waals surface area contributed by atoms with Gasteiger partial charge in [0.15, 0.2) is 5.03 Å². The lowest BCUT2D eigenvalue weighted by molar-refractivity contribution is 0.0942. The lowest BCUT2D eigenvalue weighted by atomic mass is 10.2. The van der Waals surface area contributed by atoms with Crippen molar-refractivity contribution >= 4 is 25.8 Å². The van der Waals surface area contributed by atoms with Gasteiger partial charge in [-0.05, 0) is 12.0 Å². The SMILES string of the molecule is O=C(OCc1ccccc1)N1CCCn2nc(S(=O)(=O)Cl)cc2C1. The third-order valence-electron chi connectivity index (χ3n) is 3.70. The van der Waals surface area contributed by atoms with E-state index in [2.05, 4.69) is 5.10 Å². The van der Waals surface area contributed by atoms with E-state index in [0.717, 1.165) is 5.56 Å². The Kier molecular flexibility index (Phi) is 4.77. The standard InChI is InChI=1S/C15H16ClN3O4S/c16-24(21,22)14-9-13-10-18(7-4-8-19(13)17-14)15(20)23-11-12-5-2-1-3-6-12/h1-3,5-6,9H,4,7-8,10-11H2. The Morgan fingerprint density at radius 1 is 1.25 bits per heavy atom. The number of halogens is 1. The Labute approximate surface area is 144 Å². The van der Waals surface area contributed by atoms with Gasteiger partial charge < -0.3 is 9.64 Å². The molecule has 3 rings (SSSR count). The molecular weight excluding hydrogens is 354 g/mol. The average Bonchev–Trinajstić information content (AvgIpc) is 2.86. The van der Waals surface area contributed by atoms with Crippen LogP contribution in [-0.4, -0.2) is 35.7 Å². The molecular formula is C15H16ClN3O4S. The highest BCUT2D eigenvalue weighted by atomic mass is 35.7. The molecule has 0 radical (unpaired) electrons. The van der Waals surface area contributed by atoms with Crippen molar-refractivity contribution in [1.82, 2.24) is 14.7 Å². The van der Waals surface area contributed by atoms with Gasteiger partial charge in [-0.15, -0.1) is 0 Å². The summed E-state index contributed by atoms with van der Waals surface area (Å²) in [6.45, 7) is 1.45. The van der Waals surface area contributed by atoms with E-state index in [1.807, 2.05) is 30.3 Å². The van der Waals surface area contributed by atoms with Gasteiger partial charge in [0, 0.05) is 29.8 Å². The Morgan fingerprint density at radius 2 is 2.00 bits per heavy atom. The fraction of sp³-hybridized carbons (Fsp3) is 0.333. The number of hydrogen-bond acceptors (Lipinski definition) is 5. The minimum Gasteiger partial charge on any atom is -0.445 e. The van der Waals surface area contributed by atoms with Crippen LogP contribution in [0.3, 0.4) is 0 Å². The number of aryl methyl sites for hydroxylation is 1. The number of benzene rings is 1.